The smallest absolute Gasteiger partial charge is 0.315 e. The molecule has 1 heterocycles. The molecule has 0 aromatic heterocycles. The first-order valence-corrected chi connectivity index (χ1v) is 9.28. The number of amides is 2. The minimum absolute atomic E-state index is 0.0391. The van der Waals surface area contributed by atoms with Crippen LogP contribution in [-0.4, -0.2) is 49.3 Å². The third-order valence-corrected chi connectivity index (χ3v) is 5.44. The summed E-state index contributed by atoms with van der Waals surface area (Å²) in [5, 5.41) is 5.79. The molecule has 2 aliphatic rings. The molecule has 6 heteroatoms. The first-order chi connectivity index (χ1) is 12.2. The van der Waals surface area contributed by atoms with Gasteiger partial charge in [-0.2, -0.15) is 0 Å². The minimum Gasteiger partial charge on any atom is -0.379 e. The predicted octanol–water partition coefficient (Wildman–Crippen LogP) is 2.66. The molecule has 0 unspecified atom stereocenters. The van der Waals surface area contributed by atoms with Crippen LogP contribution in [0.15, 0.2) is 24.3 Å². The molecule has 1 aliphatic carbocycles. The Morgan fingerprint density at radius 2 is 1.84 bits per heavy atom. The number of hydrogen-bond donors (Lipinski definition) is 2. The van der Waals surface area contributed by atoms with Gasteiger partial charge >= 0.3 is 6.03 Å². The van der Waals surface area contributed by atoms with Gasteiger partial charge in [0.05, 0.1) is 13.2 Å². The van der Waals surface area contributed by atoms with Gasteiger partial charge in [-0.25, -0.2) is 9.18 Å². The quantitative estimate of drug-likeness (QED) is 0.859. The van der Waals surface area contributed by atoms with E-state index >= 15 is 0 Å². The summed E-state index contributed by atoms with van der Waals surface area (Å²) in [6, 6.07) is 6.28. The summed E-state index contributed by atoms with van der Waals surface area (Å²) in [4.78, 5) is 14.7. The van der Waals surface area contributed by atoms with Crippen molar-refractivity contribution in [2.75, 3.05) is 32.8 Å². The van der Waals surface area contributed by atoms with E-state index in [1.807, 2.05) is 0 Å². The van der Waals surface area contributed by atoms with Crippen LogP contribution in [0.5, 0.6) is 0 Å². The van der Waals surface area contributed by atoms with E-state index in [1.165, 1.54) is 25.3 Å². The number of carbonyl (C=O) groups excluding carboxylic acids is 1. The molecule has 138 valence electrons. The molecular weight excluding hydrogens is 321 g/mol. The number of ether oxygens (including phenoxy) is 1. The van der Waals surface area contributed by atoms with Crippen LogP contribution >= 0.6 is 0 Å². The fourth-order valence-electron chi connectivity index (χ4n) is 3.98. The Morgan fingerprint density at radius 1 is 1.12 bits per heavy atom. The van der Waals surface area contributed by atoms with Crippen LogP contribution in [0.1, 0.15) is 37.7 Å². The SMILES string of the molecule is O=C(NCc1ccccc1F)NCC1(N2CCOCC2)CCCCC1. The molecule has 0 bridgehead atoms. The van der Waals surface area contributed by atoms with Gasteiger partial charge in [-0.3, -0.25) is 4.90 Å². The fraction of sp³-hybridized carbons (Fsp3) is 0.632. The molecule has 1 aromatic carbocycles. The van der Waals surface area contributed by atoms with Crippen molar-refractivity contribution < 1.29 is 13.9 Å². The maximum absolute atomic E-state index is 13.6. The number of nitrogens with zero attached hydrogens (tertiary/aromatic N) is 1. The van der Waals surface area contributed by atoms with E-state index in [1.54, 1.807) is 18.2 Å². The standard InChI is InChI=1S/C19H28FN3O2/c20-17-7-3-2-6-16(17)14-21-18(24)22-15-19(8-4-1-5-9-19)23-10-12-25-13-11-23/h2-3,6-7H,1,4-5,8-15H2,(H2,21,22,24). The Labute approximate surface area is 148 Å². The second-order valence-corrected chi connectivity index (χ2v) is 7.01. The van der Waals surface area contributed by atoms with Crippen molar-refractivity contribution in [1.29, 1.82) is 0 Å². The topological polar surface area (TPSA) is 53.6 Å². The van der Waals surface area contributed by atoms with Gasteiger partial charge < -0.3 is 15.4 Å². The van der Waals surface area contributed by atoms with E-state index in [-0.39, 0.29) is 23.9 Å². The summed E-state index contributed by atoms with van der Waals surface area (Å²) in [6.45, 7) is 4.22. The number of rotatable bonds is 5. The first kappa shape index (κ1) is 18.1. The highest BCUT2D eigenvalue weighted by molar-refractivity contribution is 5.73. The zero-order valence-electron chi connectivity index (χ0n) is 14.7. The molecule has 2 fully saturated rings. The third kappa shape index (κ3) is 4.70. The average molecular weight is 349 g/mol. The molecular formula is C19H28FN3O2. The van der Waals surface area contributed by atoms with E-state index in [2.05, 4.69) is 15.5 Å². The van der Waals surface area contributed by atoms with E-state index in [4.69, 9.17) is 4.74 Å². The molecule has 3 rings (SSSR count). The second kappa shape index (κ2) is 8.63. The second-order valence-electron chi connectivity index (χ2n) is 7.01. The van der Waals surface area contributed by atoms with E-state index in [0.717, 1.165) is 39.1 Å². The van der Waals surface area contributed by atoms with Crippen molar-refractivity contribution in [1.82, 2.24) is 15.5 Å². The van der Waals surface area contributed by atoms with Crippen LogP contribution in [0.4, 0.5) is 9.18 Å². The van der Waals surface area contributed by atoms with Gasteiger partial charge in [-0.15, -0.1) is 0 Å². The van der Waals surface area contributed by atoms with Gasteiger partial charge in [0.1, 0.15) is 5.82 Å². The molecule has 2 amide bonds. The third-order valence-electron chi connectivity index (χ3n) is 5.44. The largest absolute Gasteiger partial charge is 0.379 e. The fourth-order valence-corrected chi connectivity index (χ4v) is 3.98. The number of morpholine rings is 1. The Bertz CT molecular complexity index is 570. The zero-order valence-corrected chi connectivity index (χ0v) is 14.7. The summed E-state index contributed by atoms with van der Waals surface area (Å²) < 4.78 is 19.1. The first-order valence-electron chi connectivity index (χ1n) is 9.28. The molecule has 0 atom stereocenters. The Hall–Kier alpha value is -1.66. The Kier molecular flexibility index (Phi) is 6.26. The van der Waals surface area contributed by atoms with Crippen LogP contribution in [0.2, 0.25) is 0 Å². The van der Waals surface area contributed by atoms with Crippen molar-refractivity contribution in [2.45, 2.75) is 44.2 Å². The molecule has 0 spiro atoms. The summed E-state index contributed by atoms with van der Waals surface area (Å²) in [5.41, 5.74) is 0.537. The van der Waals surface area contributed by atoms with Gasteiger partial charge in [0.15, 0.2) is 0 Å². The Balaban J connectivity index is 1.53. The molecule has 1 aliphatic heterocycles. The van der Waals surface area contributed by atoms with Crippen molar-refractivity contribution >= 4 is 6.03 Å². The highest BCUT2D eigenvalue weighted by atomic mass is 19.1. The van der Waals surface area contributed by atoms with Gasteiger partial charge in [-0.05, 0) is 18.9 Å². The van der Waals surface area contributed by atoms with Crippen LogP contribution < -0.4 is 10.6 Å². The highest BCUT2D eigenvalue weighted by Crippen LogP contribution is 2.33. The normalized spacial score (nSPS) is 20.8. The lowest BCUT2D eigenvalue weighted by atomic mass is 9.80. The number of urea groups is 1. The average Bonchev–Trinajstić information content (AvgIpc) is 2.67. The van der Waals surface area contributed by atoms with Crippen LogP contribution in [0, 0.1) is 5.82 Å². The van der Waals surface area contributed by atoms with Crippen molar-refractivity contribution in [3.8, 4) is 0 Å². The molecule has 25 heavy (non-hydrogen) atoms. The summed E-state index contributed by atoms with van der Waals surface area (Å²) in [6.07, 6.45) is 5.90. The van der Waals surface area contributed by atoms with Gasteiger partial charge in [0.25, 0.3) is 0 Å². The van der Waals surface area contributed by atoms with Crippen molar-refractivity contribution in [3.05, 3.63) is 35.6 Å². The van der Waals surface area contributed by atoms with Crippen LogP contribution in [0.25, 0.3) is 0 Å². The predicted molar refractivity (Wildman–Crippen MR) is 94.8 cm³/mol. The molecule has 0 radical (unpaired) electrons. The van der Waals surface area contributed by atoms with Gasteiger partial charge in [-0.1, -0.05) is 37.5 Å². The minimum atomic E-state index is -0.292. The number of hydrogen-bond acceptors (Lipinski definition) is 3. The maximum Gasteiger partial charge on any atom is 0.315 e. The highest BCUT2D eigenvalue weighted by Gasteiger charge is 2.38. The molecule has 5 nitrogen and oxygen atoms in total. The number of carbonyl (C=O) groups is 1. The number of nitrogens with one attached hydrogen (secondary N) is 2. The lowest BCUT2D eigenvalue weighted by Gasteiger charge is -2.48. The monoisotopic (exact) mass is 349 g/mol. The lowest BCUT2D eigenvalue weighted by Crippen LogP contribution is -2.60. The van der Waals surface area contributed by atoms with Crippen molar-refractivity contribution in [2.24, 2.45) is 0 Å². The summed E-state index contributed by atoms with van der Waals surface area (Å²) in [7, 11) is 0. The maximum atomic E-state index is 13.6. The summed E-state index contributed by atoms with van der Waals surface area (Å²) in [5.74, 6) is -0.292. The zero-order chi connectivity index (χ0) is 17.5. The van der Waals surface area contributed by atoms with Gasteiger partial charge in [0, 0.05) is 37.3 Å². The number of halogens is 1. The molecule has 2 N–H and O–H groups in total. The van der Waals surface area contributed by atoms with E-state index in [0.29, 0.717) is 12.1 Å². The van der Waals surface area contributed by atoms with Crippen LogP contribution in [-0.2, 0) is 11.3 Å². The van der Waals surface area contributed by atoms with Crippen molar-refractivity contribution in [3.63, 3.8) is 0 Å². The van der Waals surface area contributed by atoms with E-state index < -0.39 is 0 Å². The lowest BCUT2D eigenvalue weighted by molar-refractivity contribution is -0.0357. The Morgan fingerprint density at radius 3 is 2.56 bits per heavy atom. The molecule has 1 saturated heterocycles. The molecule has 1 aromatic rings. The summed E-state index contributed by atoms with van der Waals surface area (Å²) >= 11 is 0. The van der Waals surface area contributed by atoms with E-state index in [9.17, 15) is 9.18 Å². The van der Waals surface area contributed by atoms with Gasteiger partial charge in [0.2, 0.25) is 0 Å². The number of benzene rings is 1. The molecule has 1 saturated carbocycles. The van der Waals surface area contributed by atoms with Crippen LogP contribution in [0.3, 0.4) is 0 Å².